The van der Waals surface area contributed by atoms with E-state index >= 15 is 0 Å². The van der Waals surface area contributed by atoms with Crippen molar-refractivity contribution >= 4 is 57.9 Å². The van der Waals surface area contributed by atoms with E-state index in [1.807, 2.05) is 18.2 Å². The average Bonchev–Trinajstić information content (AvgIpc) is 3.39. The van der Waals surface area contributed by atoms with Crippen molar-refractivity contribution in [2.75, 3.05) is 32.1 Å². The zero-order valence-electron chi connectivity index (χ0n) is 20.8. The summed E-state index contributed by atoms with van der Waals surface area (Å²) in [7, 11) is 1.45. The fourth-order valence-electron chi connectivity index (χ4n) is 5.02. The Labute approximate surface area is 232 Å². The fraction of sp³-hybridized carbons (Fsp3) is 0.385. The quantitative estimate of drug-likeness (QED) is 0.339. The molecule has 5 rings (SSSR count). The molecule has 0 radical (unpaired) electrons. The van der Waals surface area contributed by atoms with Crippen LogP contribution in [0.3, 0.4) is 0 Å². The van der Waals surface area contributed by atoms with Crippen LogP contribution in [0.4, 0.5) is 10.5 Å². The molecule has 12 heteroatoms. The molecule has 0 unspecified atom stereocenters. The van der Waals surface area contributed by atoms with Crippen LogP contribution in [0.2, 0.25) is 0 Å². The number of hydrogen-bond acceptors (Lipinski definition) is 7. The second kappa shape index (κ2) is 10.4. The van der Waals surface area contributed by atoms with Gasteiger partial charge in [-0.25, -0.2) is 9.79 Å². The van der Waals surface area contributed by atoms with Gasteiger partial charge in [-0.2, -0.15) is 0 Å². The number of benzene rings is 1. The maximum Gasteiger partial charge on any atom is 0.321 e. The molecule has 3 N–H and O–H groups in total. The fourth-order valence-corrected chi connectivity index (χ4v) is 5.98. The van der Waals surface area contributed by atoms with Gasteiger partial charge in [-0.3, -0.25) is 29.6 Å². The Kier molecular flexibility index (Phi) is 7.18. The molecule has 3 aliphatic rings. The number of hydrogen-bond donors (Lipinski definition) is 3. The Hall–Kier alpha value is -3.39. The van der Waals surface area contributed by atoms with Gasteiger partial charge in [0.25, 0.3) is 5.91 Å². The van der Waals surface area contributed by atoms with E-state index in [1.54, 1.807) is 24.4 Å². The third-order valence-electron chi connectivity index (χ3n) is 7.03. The van der Waals surface area contributed by atoms with E-state index in [9.17, 15) is 19.2 Å². The standard InChI is InChI=1S/C26H27IN6O5/c1-28-24(37)31-22(35)25(27)13-16-5-6-18(12-17(16)14-25)30-20(34)15-33-21(19-4-2-3-9-29-19)32-26(23(33)36)7-10-38-11-8-26/h2-6,9,12H,7-8,10-11,13-15H2,1H3,(H,30,34)(H2,28,31,35,37)/t25-/m0/s1. The summed E-state index contributed by atoms with van der Waals surface area (Å²) >= 11 is 2.08. The third kappa shape index (κ3) is 5.01. The molecule has 0 bridgehead atoms. The monoisotopic (exact) mass is 630 g/mol. The second-order valence-corrected chi connectivity index (χ2v) is 11.6. The highest BCUT2D eigenvalue weighted by molar-refractivity contribution is 14.1. The molecule has 1 spiro atoms. The molecule has 1 aromatic heterocycles. The number of imide groups is 1. The Morgan fingerprint density at radius 2 is 1.87 bits per heavy atom. The number of aromatic nitrogens is 1. The molecule has 1 aromatic carbocycles. The summed E-state index contributed by atoms with van der Waals surface area (Å²) in [5.41, 5.74) is 2.05. The van der Waals surface area contributed by atoms with Gasteiger partial charge in [0.15, 0.2) is 5.84 Å². The number of pyridine rings is 1. The minimum absolute atomic E-state index is 0.210. The Balaban J connectivity index is 1.30. The number of amides is 5. The van der Waals surface area contributed by atoms with Crippen LogP contribution in [-0.2, 0) is 32.0 Å². The Bertz CT molecular complexity index is 1330. The van der Waals surface area contributed by atoms with Crippen LogP contribution >= 0.6 is 22.6 Å². The summed E-state index contributed by atoms with van der Waals surface area (Å²) in [6, 6.07) is 10.3. The van der Waals surface area contributed by atoms with Crippen molar-refractivity contribution in [3.63, 3.8) is 0 Å². The van der Waals surface area contributed by atoms with Crippen molar-refractivity contribution in [2.45, 2.75) is 34.6 Å². The van der Waals surface area contributed by atoms with Crippen LogP contribution in [0, 0.1) is 0 Å². The van der Waals surface area contributed by atoms with Gasteiger partial charge < -0.3 is 15.4 Å². The van der Waals surface area contributed by atoms with Gasteiger partial charge in [0, 0.05) is 45.0 Å². The van der Waals surface area contributed by atoms with Gasteiger partial charge in [-0.05, 0) is 48.2 Å². The molecule has 2 aliphatic heterocycles. The zero-order chi connectivity index (χ0) is 26.9. The minimum atomic E-state index is -0.933. The Morgan fingerprint density at radius 1 is 1.11 bits per heavy atom. The van der Waals surface area contributed by atoms with E-state index in [0.717, 1.165) is 11.1 Å². The smallest absolute Gasteiger partial charge is 0.321 e. The summed E-state index contributed by atoms with van der Waals surface area (Å²) < 4.78 is 4.65. The number of fused-ring (bicyclic) bond motifs is 1. The highest BCUT2D eigenvalue weighted by atomic mass is 127. The molecule has 2 aromatic rings. The predicted molar refractivity (Wildman–Crippen MR) is 147 cm³/mol. The van der Waals surface area contributed by atoms with Gasteiger partial charge >= 0.3 is 6.03 Å². The van der Waals surface area contributed by atoms with E-state index in [4.69, 9.17) is 9.73 Å². The molecular formula is C26H27IN6O5. The molecule has 1 saturated heterocycles. The lowest BCUT2D eigenvalue weighted by Crippen LogP contribution is -2.48. The highest BCUT2D eigenvalue weighted by Crippen LogP contribution is 2.39. The van der Waals surface area contributed by atoms with Gasteiger partial charge in [0.1, 0.15) is 21.2 Å². The van der Waals surface area contributed by atoms with E-state index in [2.05, 4.69) is 43.5 Å². The maximum atomic E-state index is 13.5. The van der Waals surface area contributed by atoms with Crippen LogP contribution in [0.5, 0.6) is 0 Å². The number of alkyl halides is 1. The van der Waals surface area contributed by atoms with Crippen molar-refractivity contribution in [3.8, 4) is 0 Å². The van der Waals surface area contributed by atoms with Crippen LogP contribution in [-0.4, -0.2) is 75.2 Å². The van der Waals surface area contributed by atoms with Crippen LogP contribution in [0.25, 0.3) is 0 Å². The van der Waals surface area contributed by atoms with Crippen molar-refractivity contribution in [1.29, 1.82) is 0 Å². The molecule has 11 nitrogen and oxygen atoms in total. The number of halogens is 1. The van der Waals surface area contributed by atoms with Crippen LogP contribution < -0.4 is 16.0 Å². The van der Waals surface area contributed by atoms with Crippen molar-refractivity contribution < 1.29 is 23.9 Å². The highest BCUT2D eigenvalue weighted by Gasteiger charge is 2.50. The van der Waals surface area contributed by atoms with Crippen LogP contribution in [0.1, 0.15) is 29.7 Å². The molecular weight excluding hydrogens is 603 g/mol. The summed E-state index contributed by atoms with van der Waals surface area (Å²) in [5.74, 6) is -0.571. The first kappa shape index (κ1) is 26.2. The zero-order valence-corrected chi connectivity index (χ0v) is 22.9. The molecule has 1 fully saturated rings. The predicted octanol–water partition coefficient (Wildman–Crippen LogP) is 1.59. The van der Waals surface area contributed by atoms with E-state index in [0.29, 0.717) is 56.1 Å². The Morgan fingerprint density at radius 3 is 2.58 bits per heavy atom. The first-order chi connectivity index (χ1) is 18.2. The number of nitrogens with one attached hydrogen (secondary N) is 3. The van der Waals surface area contributed by atoms with E-state index in [-0.39, 0.29) is 24.3 Å². The summed E-state index contributed by atoms with van der Waals surface area (Å²) in [5, 5.41) is 7.62. The molecule has 5 amide bonds. The number of anilines is 1. The lowest BCUT2D eigenvalue weighted by molar-refractivity contribution is -0.136. The number of carbonyl (C=O) groups excluding carboxylic acids is 4. The summed E-state index contributed by atoms with van der Waals surface area (Å²) in [6.07, 6.45) is 3.43. The van der Waals surface area contributed by atoms with Crippen LogP contribution in [0.15, 0.2) is 47.6 Å². The molecule has 38 heavy (non-hydrogen) atoms. The largest absolute Gasteiger partial charge is 0.381 e. The van der Waals surface area contributed by atoms with Gasteiger partial charge in [0.05, 0.1) is 0 Å². The van der Waals surface area contributed by atoms with Crippen molar-refractivity contribution in [2.24, 2.45) is 4.99 Å². The molecule has 1 atom stereocenters. The van der Waals surface area contributed by atoms with Gasteiger partial charge in [-0.15, -0.1) is 0 Å². The topological polar surface area (TPSA) is 142 Å². The van der Waals surface area contributed by atoms with Crippen molar-refractivity contribution in [1.82, 2.24) is 20.5 Å². The first-order valence-electron chi connectivity index (χ1n) is 12.3. The molecule has 0 saturated carbocycles. The maximum absolute atomic E-state index is 13.5. The lowest BCUT2D eigenvalue weighted by atomic mass is 9.90. The molecule has 1 aliphatic carbocycles. The average molecular weight is 630 g/mol. The number of rotatable bonds is 5. The summed E-state index contributed by atoms with van der Waals surface area (Å²) in [6.45, 7) is 0.650. The lowest BCUT2D eigenvalue weighted by Gasteiger charge is -2.29. The number of amidine groups is 1. The second-order valence-electron chi connectivity index (χ2n) is 9.57. The number of ether oxygens (including phenoxy) is 1. The SMILES string of the molecule is CNC(=O)NC(=O)[C@]1(I)Cc2ccc(NC(=O)CN3C(=O)C4(CCOCC4)N=C3c3ccccn3)cc2C1. The normalized spacial score (nSPS) is 21.6. The van der Waals surface area contributed by atoms with E-state index < -0.39 is 15.0 Å². The minimum Gasteiger partial charge on any atom is -0.381 e. The molecule has 198 valence electrons. The third-order valence-corrected chi connectivity index (χ3v) is 8.28. The number of aliphatic imine (C=N–C) groups is 1. The number of urea groups is 1. The van der Waals surface area contributed by atoms with Crippen molar-refractivity contribution in [3.05, 3.63) is 59.4 Å². The van der Waals surface area contributed by atoms with E-state index in [1.165, 1.54) is 11.9 Å². The first-order valence-corrected chi connectivity index (χ1v) is 13.4. The number of carbonyl (C=O) groups is 4. The summed E-state index contributed by atoms with van der Waals surface area (Å²) in [4.78, 5) is 61.5. The van der Waals surface area contributed by atoms with Gasteiger partial charge in [-0.1, -0.05) is 34.7 Å². The number of nitrogens with zero attached hydrogens (tertiary/aromatic N) is 3. The van der Waals surface area contributed by atoms with Gasteiger partial charge in [0.2, 0.25) is 11.8 Å². The molecule has 3 heterocycles.